The molecule has 3 aromatic rings. The molecule has 23 heavy (non-hydrogen) atoms. The van der Waals surface area contributed by atoms with Crippen molar-refractivity contribution in [2.75, 3.05) is 0 Å². The lowest BCUT2D eigenvalue weighted by molar-refractivity contribution is -0.899. The van der Waals surface area contributed by atoms with Crippen molar-refractivity contribution >= 4 is 5.69 Å². The van der Waals surface area contributed by atoms with Crippen LogP contribution in [0, 0.1) is 17.0 Å². The van der Waals surface area contributed by atoms with Crippen molar-refractivity contribution in [3.05, 3.63) is 70.4 Å². The summed E-state index contributed by atoms with van der Waals surface area (Å²) in [7, 11) is 0. The molecule has 0 aliphatic heterocycles. The molecule has 118 valence electrons. The minimum Gasteiger partial charge on any atom is -0.412 e. The number of nitrogens with zero attached hydrogens (tertiary/aromatic N) is 2. The predicted octanol–water partition coefficient (Wildman–Crippen LogP) is 2.27. The van der Waals surface area contributed by atoms with E-state index < -0.39 is 4.92 Å². The first-order chi connectivity index (χ1) is 10.6. The summed E-state index contributed by atoms with van der Waals surface area (Å²) >= 11 is 0. The molecule has 0 amide bonds. The van der Waals surface area contributed by atoms with Crippen LogP contribution in [0.15, 0.2) is 54.6 Å². The highest BCUT2D eigenvalue weighted by Gasteiger charge is 2.25. The van der Waals surface area contributed by atoms with E-state index in [9.17, 15) is 15.3 Å². The van der Waals surface area contributed by atoms with Crippen molar-refractivity contribution < 1.29 is 20.3 Å². The van der Waals surface area contributed by atoms with Gasteiger partial charge in [0.05, 0.1) is 10.5 Å². The van der Waals surface area contributed by atoms with E-state index in [-0.39, 0.29) is 11.2 Å². The second-order valence-electron chi connectivity index (χ2n) is 4.92. The number of aromatic nitrogens is 2. The molecule has 0 unspecified atom stereocenters. The van der Waals surface area contributed by atoms with Crippen molar-refractivity contribution in [3.63, 3.8) is 0 Å². The molecular formula is C16H16N3O4+. The van der Waals surface area contributed by atoms with E-state index in [1.54, 1.807) is 19.1 Å². The third-order valence-corrected chi connectivity index (χ3v) is 3.53. The monoisotopic (exact) mass is 314 g/mol. The third kappa shape index (κ3) is 2.90. The van der Waals surface area contributed by atoms with Gasteiger partial charge < -0.3 is 10.7 Å². The minimum atomic E-state index is -0.459. The van der Waals surface area contributed by atoms with E-state index >= 15 is 0 Å². The summed E-state index contributed by atoms with van der Waals surface area (Å²) in [6, 6.07) is 15.7. The number of aromatic amines is 1. The highest BCUT2D eigenvalue weighted by molar-refractivity contribution is 5.65. The van der Waals surface area contributed by atoms with E-state index in [0.29, 0.717) is 17.1 Å². The molecule has 0 atom stereocenters. The topological polar surface area (TPSA) is 115 Å². The van der Waals surface area contributed by atoms with Gasteiger partial charge in [-0.3, -0.25) is 10.1 Å². The number of rotatable bonds is 3. The lowest BCUT2D eigenvalue weighted by Gasteiger charge is -1.95. The molecule has 4 N–H and O–H groups in total. The predicted molar refractivity (Wildman–Crippen MR) is 84.0 cm³/mol. The normalized spacial score (nSPS) is 10.1. The van der Waals surface area contributed by atoms with Crippen molar-refractivity contribution in [1.29, 1.82) is 0 Å². The molecule has 1 heterocycles. The van der Waals surface area contributed by atoms with Crippen LogP contribution in [0.3, 0.4) is 0 Å². The van der Waals surface area contributed by atoms with E-state index in [2.05, 4.69) is 4.98 Å². The number of imidazole rings is 1. The Balaban J connectivity index is 0.00000192. The Morgan fingerprint density at radius 3 is 2.39 bits per heavy atom. The number of benzene rings is 2. The van der Waals surface area contributed by atoms with Crippen LogP contribution >= 0.6 is 0 Å². The highest BCUT2D eigenvalue weighted by Crippen LogP contribution is 2.25. The molecule has 0 aliphatic rings. The third-order valence-electron chi connectivity index (χ3n) is 3.53. The smallest absolute Gasteiger partial charge is 0.327 e. The fourth-order valence-corrected chi connectivity index (χ4v) is 2.38. The van der Waals surface area contributed by atoms with Gasteiger partial charge >= 0.3 is 5.82 Å². The molecular weight excluding hydrogens is 298 g/mol. The molecule has 0 fully saturated rings. The number of nitrogens with one attached hydrogen (secondary N) is 1. The zero-order valence-corrected chi connectivity index (χ0v) is 12.4. The van der Waals surface area contributed by atoms with Crippen molar-refractivity contribution in [1.82, 2.24) is 4.98 Å². The Morgan fingerprint density at radius 2 is 1.74 bits per heavy atom. The summed E-state index contributed by atoms with van der Waals surface area (Å²) in [4.78, 5) is 13.6. The Morgan fingerprint density at radius 1 is 1.09 bits per heavy atom. The maximum absolute atomic E-state index is 10.9. The SMILES string of the molecule is Cc1c(-c2ccccc2)[nH]c(-c2cccc([N+](=O)[O-])c2)[n+]1O.O. The highest BCUT2D eigenvalue weighted by atomic mass is 16.6. The van der Waals surface area contributed by atoms with Crippen LogP contribution < -0.4 is 4.73 Å². The van der Waals surface area contributed by atoms with E-state index in [1.807, 2.05) is 30.3 Å². The van der Waals surface area contributed by atoms with Crippen LogP contribution in [0.1, 0.15) is 5.69 Å². The molecule has 1 aromatic heterocycles. The second kappa shape index (κ2) is 6.29. The molecule has 0 radical (unpaired) electrons. The largest absolute Gasteiger partial charge is 0.412 e. The van der Waals surface area contributed by atoms with Crippen LogP contribution in [0.2, 0.25) is 0 Å². The van der Waals surface area contributed by atoms with Crippen LogP contribution in [0.5, 0.6) is 0 Å². The Bertz CT molecular complexity index is 844. The Hall–Kier alpha value is -3.19. The number of nitro groups is 1. The first-order valence-corrected chi connectivity index (χ1v) is 6.72. The molecule has 0 bridgehead atoms. The minimum absolute atomic E-state index is 0. The summed E-state index contributed by atoms with van der Waals surface area (Å²) in [6.07, 6.45) is 0. The number of non-ortho nitro benzene ring substituents is 1. The fraction of sp³-hybridized carbons (Fsp3) is 0.0625. The summed E-state index contributed by atoms with van der Waals surface area (Å²) < 4.78 is 1.02. The zero-order chi connectivity index (χ0) is 15.7. The van der Waals surface area contributed by atoms with Gasteiger partial charge in [-0.15, -0.1) is 0 Å². The maximum atomic E-state index is 10.9. The molecule has 0 spiro atoms. The molecule has 7 nitrogen and oxygen atoms in total. The molecule has 7 heteroatoms. The summed E-state index contributed by atoms with van der Waals surface area (Å²) in [5, 5.41) is 21.2. The van der Waals surface area contributed by atoms with Gasteiger partial charge in [0.1, 0.15) is 0 Å². The quantitative estimate of drug-likeness (QED) is 0.334. The molecule has 0 saturated carbocycles. The molecule has 2 aromatic carbocycles. The van der Waals surface area contributed by atoms with Crippen LogP contribution in [0.25, 0.3) is 22.6 Å². The molecule has 0 aliphatic carbocycles. The van der Waals surface area contributed by atoms with Gasteiger partial charge in [0.25, 0.3) is 5.69 Å². The zero-order valence-electron chi connectivity index (χ0n) is 12.4. The van der Waals surface area contributed by atoms with Gasteiger partial charge in [0.2, 0.25) is 0 Å². The lowest BCUT2D eigenvalue weighted by atomic mass is 10.1. The fourth-order valence-electron chi connectivity index (χ4n) is 2.38. The van der Waals surface area contributed by atoms with Gasteiger partial charge in [-0.25, -0.2) is 4.98 Å². The van der Waals surface area contributed by atoms with Crippen LogP contribution in [-0.4, -0.2) is 20.6 Å². The Labute approximate surface area is 131 Å². The van der Waals surface area contributed by atoms with Crippen molar-refractivity contribution in [2.45, 2.75) is 6.92 Å². The first kappa shape index (κ1) is 16.2. The number of hydrogen-bond acceptors (Lipinski definition) is 3. The second-order valence-corrected chi connectivity index (χ2v) is 4.92. The lowest BCUT2D eigenvalue weighted by Crippen LogP contribution is -2.33. The van der Waals surface area contributed by atoms with E-state index in [4.69, 9.17) is 0 Å². The van der Waals surface area contributed by atoms with E-state index in [1.165, 1.54) is 12.1 Å². The average Bonchev–Trinajstić information content (AvgIpc) is 2.84. The number of nitro benzene ring substituents is 1. The van der Waals surface area contributed by atoms with Gasteiger partial charge in [-0.05, 0) is 10.8 Å². The van der Waals surface area contributed by atoms with Crippen molar-refractivity contribution in [2.24, 2.45) is 0 Å². The Kier molecular flexibility index (Phi) is 4.42. The molecule has 3 rings (SSSR count). The number of H-pyrrole nitrogens is 1. The summed E-state index contributed by atoms with van der Waals surface area (Å²) in [5.74, 6) is 0.403. The molecule has 0 saturated heterocycles. The van der Waals surface area contributed by atoms with Crippen LogP contribution in [0.4, 0.5) is 5.69 Å². The van der Waals surface area contributed by atoms with Crippen molar-refractivity contribution in [3.8, 4) is 22.6 Å². The summed E-state index contributed by atoms with van der Waals surface area (Å²) in [5.41, 5.74) is 2.85. The van der Waals surface area contributed by atoms with Gasteiger partial charge in [0.15, 0.2) is 11.4 Å². The van der Waals surface area contributed by atoms with Crippen LogP contribution in [-0.2, 0) is 0 Å². The number of hydrogen-bond donors (Lipinski definition) is 2. The van der Waals surface area contributed by atoms with Gasteiger partial charge in [-0.1, -0.05) is 36.4 Å². The standard InChI is InChI=1S/C16H13N3O3.H2O/c1-11-15(12-6-3-2-4-7-12)17-16(18(11)20)13-8-5-9-14(10-13)19(21)22;/h2-10,20H,1H3;1H2/p+1. The maximum Gasteiger partial charge on any atom is 0.327 e. The van der Waals surface area contributed by atoms with Gasteiger partial charge in [-0.2, -0.15) is 0 Å². The summed E-state index contributed by atoms with van der Waals surface area (Å²) in [6.45, 7) is 1.78. The van der Waals surface area contributed by atoms with E-state index in [0.717, 1.165) is 16.0 Å². The first-order valence-electron chi connectivity index (χ1n) is 6.72. The average molecular weight is 314 g/mol. The van der Waals surface area contributed by atoms with Gasteiger partial charge in [0, 0.05) is 24.6 Å².